The Morgan fingerprint density at radius 3 is 2.11 bits per heavy atom. The van der Waals surface area contributed by atoms with Crippen molar-refractivity contribution in [3.8, 4) is 0 Å². The van der Waals surface area contributed by atoms with E-state index in [1.54, 1.807) is 46.4 Å². The zero-order valence-electron chi connectivity index (χ0n) is 26.9. The van der Waals surface area contributed by atoms with Gasteiger partial charge in [-0.25, -0.2) is 18.0 Å². The Morgan fingerprint density at radius 2 is 1.58 bits per heavy atom. The summed E-state index contributed by atoms with van der Waals surface area (Å²) in [7, 11) is -2.24. The van der Waals surface area contributed by atoms with Gasteiger partial charge in [0.05, 0.1) is 27.6 Å². The number of nitrogens with zero attached hydrogens (tertiary/aromatic N) is 3. The number of nitrogen functional groups attached to an aromatic ring is 1. The molecule has 11 nitrogen and oxygen atoms in total. The van der Waals surface area contributed by atoms with Crippen LogP contribution in [-0.2, 0) is 19.3 Å². The van der Waals surface area contributed by atoms with E-state index in [-0.39, 0.29) is 38.7 Å². The molecule has 1 aliphatic heterocycles. The monoisotopic (exact) mass is 728 g/mol. The van der Waals surface area contributed by atoms with Crippen molar-refractivity contribution >= 4 is 72.5 Å². The third-order valence-corrected chi connectivity index (χ3v) is 9.63. The van der Waals surface area contributed by atoms with Gasteiger partial charge >= 0.3 is 12.2 Å². The number of carbonyl (C=O) groups excluding carboxylic acids is 3. The number of likely N-dealkylation sites (tertiary alicyclic amines) is 1. The van der Waals surface area contributed by atoms with Gasteiger partial charge in [-0.1, -0.05) is 18.5 Å². The van der Waals surface area contributed by atoms with Crippen LogP contribution in [0.3, 0.4) is 0 Å². The Labute approximate surface area is 279 Å². The van der Waals surface area contributed by atoms with Gasteiger partial charge in [-0.05, 0) is 101 Å². The standard InChI is InChI=1S/C31H42BrClN4O7S/c1-9-45(41,42)26-11-10-19(33)16-25(26)35(8)27(38)21-17-22(32)24(18-23(21)34)37(29(40)44-31(5,6)7)20-12-14-36(15-13-20)28(39)43-30(2,3)4/h10-11,16-18,20H,9,12-15,34H2,1-8H3. The first kappa shape index (κ1) is 36.4. The molecule has 0 unspecified atom stereocenters. The third-order valence-electron chi connectivity index (χ3n) is 6.98. The highest BCUT2D eigenvalue weighted by molar-refractivity contribution is 9.10. The van der Waals surface area contributed by atoms with E-state index >= 15 is 0 Å². The Kier molecular flexibility index (Phi) is 11.1. The normalized spacial score (nSPS) is 14.6. The average molecular weight is 730 g/mol. The van der Waals surface area contributed by atoms with Crippen LogP contribution in [-0.4, -0.2) is 74.5 Å². The summed E-state index contributed by atoms with van der Waals surface area (Å²) in [6, 6.07) is 6.89. The fourth-order valence-corrected chi connectivity index (χ4v) is 6.60. The van der Waals surface area contributed by atoms with E-state index in [1.165, 1.54) is 54.1 Å². The van der Waals surface area contributed by atoms with Crippen LogP contribution in [0.1, 0.15) is 71.7 Å². The number of carbonyl (C=O) groups is 3. The van der Waals surface area contributed by atoms with Crippen molar-refractivity contribution in [2.75, 3.05) is 41.4 Å². The molecule has 3 rings (SSSR count). The van der Waals surface area contributed by atoms with Gasteiger partial charge in [0.1, 0.15) is 11.2 Å². The maximum atomic E-state index is 13.7. The lowest BCUT2D eigenvalue weighted by atomic mass is 10.0. The largest absolute Gasteiger partial charge is 0.444 e. The molecule has 0 atom stereocenters. The van der Waals surface area contributed by atoms with Crippen molar-refractivity contribution in [2.45, 2.75) is 83.4 Å². The molecule has 0 aromatic heterocycles. The Morgan fingerprint density at radius 1 is 1.00 bits per heavy atom. The molecule has 0 bridgehead atoms. The van der Waals surface area contributed by atoms with Crippen molar-refractivity contribution in [2.24, 2.45) is 0 Å². The molecule has 1 fully saturated rings. The number of sulfone groups is 1. The lowest BCUT2D eigenvalue weighted by molar-refractivity contribution is 0.0200. The van der Waals surface area contributed by atoms with Crippen LogP contribution in [0.25, 0.3) is 0 Å². The highest BCUT2D eigenvalue weighted by Crippen LogP contribution is 2.37. The second-order valence-corrected chi connectivity index (χ2v) is 16.4. The van der Waals surface area contributed by atoms with E-state index in [9.17, 15) is 22.8 Å². The van der Waals surface area contributed by atoms with Gasteiger partial charge in [0.25, 0.3) is 5.91 Å². The van der Waals surface area contributed by atoms with Gasteiger partial charge < -0.3 is 25.0 Å². The zero-order valence-corrected chi connectivity index (χ0v) is 30.1. The van der Waals surface area contributed by atoms with Gasteiger partial charge in [0.2, 0.25) is 0 Å². The van der Waals surface area contributed by atoms with Gasteiger partial charge in [-0.15, -0.1) is 0 Å². The molecule has 0 aliphatic carbocycles. The maximum absolute atomic E-state index is 13.7. The number of amides is 3. The second-order valence-electron chi connectivity index (χ2n) is 12.8. The third kappa shape index (κ3) is 9.04. The minimum atomic E-state index is -3.68. The molecule has 248 valence electrons. The number of benzene rings is 2. The van der Waals surface area contributed by atoms with Crippen LogP contribution in [0.5, 0.6) is 0 Å². The molecule has 2 aromatic carbocycles. The van der Waals surface area contributed by atoms with Crippen molar-refractivity contribution in [3.05, 3.63) is 45.4 Å². The molecule has 3 amide bonds. The number of hydrogen-bond donors (Lipinski definition) is 1. The number of anilines is 3. The van der Waals surface area contributed by atoms with Gasteiger partial charge in [-0.3, -0.25) is 9.69 Å². The summed E-state index contributed by atoms with van der Waals surface area (Å²) < 4.78 is 37.2. The van der Waals surface area contributed by atoms with Crippen LogP contribution < -0.4 is 15.5 Å². The number of rotatable bonds is 6. The van der Waals surface area contributed by atoms with E-state index in [1.807, 2.05) is 0 Å². The summed E-state index contributed by atoms with van der Waals surface area (Å²) in [6.07, 6.45) is -0.144. The minimum absolute atomic E-state index is 0.0340. The van der Waals surface area contributed by atoms with Crippen molar-refractivity contribution in [3.63, 3.8) is 0 Å². The lowest BCUT2D eigenvalue weighted by Gasteiger charge is -2.39. The van der Waals surface area contributed by atoms with Crippen LogP contribution >= 0.6 is 27.5 Å². The molecule has 1 aliphatic rings. The smallest absolute Gasteiger partial charge is 0.415 e. The molecule has 1 heterocycles. The molecular weight excluding hydrogens is 688 g/mol. The SMILES string of the molecule is CCS(=O)(=O)c1ccc(Cl)cc1N(C)C(=O)c1cc(Br)c(N(C(=O)OC(C)(C)C)C2CCN(C(=O)OC(C)(C)C)CC2)cc1N. The van der Waals surface area contributed by atoms with Gasteiger partial charge in [-0.2, -0.15) is 0 Å². The van der Waals surface area contributed by atoms with Crippen LogP contribution in [0.4, 0.5) is 26.7 Å². The molecule has 1 saturated heterocycles. The summed E-state index contributed by atoms with van der Waals surface area (Å²) in [6.45, 7) is 12.9. The number of piperidine rings is 1. The quantitative estimate of drug-likeness (QED) is 0.317. The lowest BCUT2D eigenvalue weighted by Crippen LogP contribution is -2.51. The van der Waals surface area contributed by atoms with Crippen LogP contribution in [0.15, 0.2) is 39.7 Å². The highest BCUT2D eigenvalue weighted by atomic mass is 79.9. The molecule has 2 N–H and O–H groups in total. The number of hydrogen-bond acceptors (Lipinski definition) is 8. The van der Waals surface area contributed by atoms with Crippen molar-refractivity contribution in [1.82, 2.24) is 4.90 Å². The maximum Gasteiger partial charge on any atom is 0.415 e. The number of nitrogens with two attached hydrogens (primary N) is 1. The van der Waals surface area contributed by atoms with Crippen LogP contribution in [0, 0.1) is 0 Å². The van der Waals surface area contributed by atoms with Gasteiger partial charge in [0, 0.05) is 41.4 Å². The summed E-state index contributed by atoms with van der Waals surface area (Å²) >= 11 is 9.71. The van der Waals surface area contributed by atoms with E-state index < -0.39 is 39.1 Å². The van der Waals surface area contributed by atoms with E-state index in [0.717, 1.165) is 0 Å². The number of halogens is 2. The predicted octanol–water partition coefficient (Wildman–Crippen LogP) is 6.90. The average Bonchev–Trinajstić information content (AvgIpc) is 2.92. The van der Waals surface area contributed by atoms with E-state index in [0.29, 0.717) is 36.1 Å². The van der Waals surface area contributed by atoms with Crippen molar-refractivity contribution < 1.29 is 32.3 Å². The molecule has 0 spiro atoms. The van der Waals surface area contributed by atoms with E-state index in [2.05, 4.69) is 15.9 Å². The summed E-state index contributed by atoms with van der Waals surface area (Å²) in [5.74, 6) is -0.743. The Bertz CT molecular complexity index is 1560. The zero-order chi connectivity index (χ0) is 34.1. The molecule has 2 aromatic rings. The number of ether oxygens (including phenoxy) is 2. The first-order valence-corrected chi connectivity index (χ1v) is 17.4. The fraction of sp³-hybridized carbons (Fsp3) is 0.516. The summed E-state index contributed by atoms with van der Waals surface area (Å²) in [4.78, 5) is 44.3. The first-order valence-electron chi connectivity index (χ1n) is 14.5. The molecule has 45 heavy (non-hydrogen) atoms. The van der Waals surface area contributed by atoms with Gasteiger partial charge in [0.15, 0.2) is 9.84 Å². The van der Waals surface area contributed by atoms with Crippen LogP contribution in [0.2, 0.25) is 5.02 Å². The topological polar surface area (TPSA) is 140 Å². The fourth-order valence-electron chi connectivity index (χ4n) is 4.80. The Balaban J connectivity index is 1.98. The molecular formula is C31H42BrClN4O7S. The molecule has 0 saturated carbocycles. The van der Waals surface area contributed by atoms with Crippen molar-refractivity contribution in [1.29, 1.82) is 0 Å². The highest BCUT2D eigenvalue weighted by Gasteiger charge is 2.36. The summed E-state index contributed by atoms with van der Waals surface area (Å²) in [5.41, 5.74) is 5.65. The minimum Gasteiger partial charge on any atom is -0.444 e. The second kappa shape index (κ2) is 13.8. The van der Waals surface area contributed by atoms with E-state index in [4.69, 9.17) is 26.8 Å². The Hall–Kier alpha value is -3.03. The molecule has 0 radical (unpaired) electrons. The first-order chi connectivity index (χ1) is 20.6. The predicted molar refractivity (Wildman–Crippen MR) is 180 cm³/mol. The summed E-state index contributed by atoms with van der Waals surface area (Å²) in [5, 5.41) is 0.259. The molecule has 14 heteroatoms.